The Morgan fingerprint density at radius 2 is 1.96 bits per heavy atom. The van der Waals surface area contributed by atoms with E-state index in [2.05, 4.69) is 40.6 Å². The van der Waals surface area contributed by atoms with E-state index in [1.807, 2.05) is 37.8 Å². The number of carbonyl (C=O) groups excluding carboxylic acids is 1. The maximum Gasteiger partial charge on any atom is 0.260 e. The molecule has 3 rings (SSSR count). The molecule has 0 fully saturated rings. The summed E-state index contributed by atoms with van der Waals surface area (Å²) in [5.41, 5.74) is 4.55. The summed E-state index contributed by atoms with van der Waals surface area (Å²) >= 11 is 0. The number of amides is 1. The number of anilines is 1. The van der Waals surface area contributed by atoms with Gasteiger partial charge < -0.3 is 5.32 Å². The maximum atomic E-state index is 12.5. The third kappa shape index (κ3) is 3.22. The Morgan fingerprint density at radius 3 is 2.62 bits per heavy atom. The van der Waals surface area contributed by atoms with E-state index in [1.165, 1.54) is 11.1 Å². The summed E-state index contributed by atoms with van der Waals surface area (Å²) in [6, 6.07) is 10.1. The molecule has 0 atom stereocenters. The van der Waals surface area contributed by atoms with Gasteiger partial charge in [0.2, 0.25) is 0 Å². The molecule has 24 heavy (non-hydrogen) atoms. The predicted octanol–water partition coefficient (Wildman–Crippen LogP) is 2.84. The van der Waals surface area contributed by atoms with Crippen molar-refractivity contribution in [2.24, 2.45) is 7.05 Å². The Morgan fingerprint density at radius 1 is 1.17 bits per heavy atom. The smallest absolute Gasteiger partial charge is 0.260 e. The molecule has 1 amide bonds. The molecule has 1 N–H and O–H groups in total. The molecule has 0 saturated carbocycles. The van der Waals surface area contributed by atoms with E-state index >= 15 is 0 Å². The minimum Gasteiger partial charge on any atom is -0.305 e. The first-order valence-corrected chi connectivity index (χ1v) is 7.84. The van der Waals surface area contributed by atoms with E-state index in [4.69, 9.17) is 0 Å². The molecule has 0 spiro atoms. The van der Waals surface area contributed by atoms with Crippen LogP contribution in [-0.4, -0.2) is 25.5 Å². The minimum absolute atomic E-state index is 0.182. The number of hydrogen-bond acceptors (Lipinski definition) is 3. The minimum atomic E-state index is -0.182. The molecule has 1 aromatic carbocycles. The van der Waals surface area contributed by atoms with Gasteiger partial charge in [0.25, 0.3) is 5.91 Å². The summed E-state index contributed by atoms with van der Waals surface area (Å²) in [5.74, 6) is 0.356. The third-order valence-corrected chi connectivity index (χ3v) is 4.05. The second-order valence-electron chi connectivity index (χ2n) is 6.01. The monoisotopic (exact) mass is 323 g/mol. The molecule has 6 nitrogen and oxygen atoms in total. The molecule has 0 aliphatic rings. The van der Waals surface area contributed by atoms with Crippen molar-refractivity contribution in [3.63, 3.8) is 0 Å². The number of carbonyl (C=O) groups is 1. The van der Waals surface area contributed by atoms with Crippen molar-refractivity contribution in [2.75, 3.05) is 5.32 Å². The van der Waals surface area contributed by atoms with Crippen molar-refractivity contribution in [1.29, 1.82) is 0 Å². The molecule has 0 saturated heterocycles. The van der Waals surface area contributed by atoms with Crippen LogP contribution in [0.15, 0.2) is 36.5 Å². The molecule has 0 aliphatic carbocycles. The Kier molecular flexibility index (Phi) is 4.20. The van der Waals surface area contributed by atoms with Crippen LogP contribution in [0.3, 0.4) is 0 Å². The number of nitrogens with one attached hydrogen (secondary N) is 1. The fraction of sp³-hybridized carbons (Fsp3) is 0.278. The van der Waals surface area contributed by atoms with Gasteiger partial charge in [0.1, 0.15) is 0 Å². The van der Waals surface area contributed by atoms with E-state index in [9.17, 15) is 4.79 Å². The Bertz CT molecular complexity index is 891. The normalized spacial score (nSPS) is 10.8. The lowest BCUT2D eigenvalue weighted by Crippen LogP contribution is -2.15. The zero-order chi connectivity index (χ0) is 17.3. The van der Waals surface area contributed by atoms with E-state index < -0.39 is 0 Å². The van der Waals surface area contributed by atoms with Crippen LogP contribution in [0.4, 0.5) is 5.82 Å². The standard InChI is InChI=1S/C18H21N5O/c1-12-6-5-7-15(10-12)11-23-9-8-16(21-23)19-18(24)17-13(2)20-22(4)14(17)3/h5-10H,11H2,1-4H3,(H,19,21,24). The van der Waals surface area contributed by atoms with Crippen molar-refractivity contribution in [3.8, 4) is 0 Å². The third-order valence-electron chi connectivity index (χ3n) is 4.05. The Balaban J connectivity index is 1.73. The molecule has 0 aliphatic heterocycles. The van der Waals surface area contributed by atoms with Gasteiger partial charge in [0.15, 0.2) is 5.82 Å². The van der Waals surface area contributed by atoms with Gasteiger partial charge in [-0.15, -0.1) is 0 Å². The number of aromatic nitrogens is 4. The van der Waals surface area contributed by atoms with Gasteiger partial charge in [-0.25, -0.2) is 0 Å². The van der Waals surface area contributed by atoms with Crippen LogP contribution < -0.4 is 5.32 Å². The number of hydrogen-bond donors (Lipinski definition) is 1. The molecule has 0 bridgehead atoms. The quantitative estimate of drug-likeness (QED) is 0.803. The lowest BCUT2D eigenvalue weighted by atomic mass is 10.1. The van der Waals surface area contributed by atoms with Crippen LogP contribution >= 0.6 is 0 Å². The van der Waals surface area contributed by atoms with Gasteiger partial charge in [0, 0.05) is 25.0 Å². The van der Waals surface area contributed by atoms with Crippen LogP contribution in [0.2, 0.25) is 0 Å². The summed E-state index contributed by atoms with van der Waals surface area (Å²) < 4.78 is 3.52. The topological polar surface area (TPSA) is 64.7 Å². The van der Waals surface area contributed by atoms with Gasteiger partial charge >= 0.3 is 0 Å². The first kappa shape index (κ1) is 16.0. The summed E-state index contributed by atoms with van der Waals surface area (Å²) in [7, 11) is 1.83. The van der Waals surface area contributed by atoms with Gasteiger partial charge in [-0.2, -0.15) is 10.2 Å². The molecule has 2 aromatic heterocycles. The van der Waals surface area contributed by atoms with E-state index in [0.29, 0.717) is 23.6 Å². The SMILES string of the molecule is Cc1cccc(Cn2ccc(NC(=O)c3c(C)nn(C)c3C)n2)c1. The van der Waals surface area contributed by atoms with Crippen LogP contribution in [0.5, 0.6) is 0 Å². The van der Waals surface area contributed by atoms with Crippen molar-refractivity contribution in [1.82, 2.24) is 19.6 Å². The van der Waals surface area contributed by atoms with E-state index in [-0.39, 0.29) is 5.91 Å². The highest BCUT2D eigenvalue weighted by Gasteiger charge is 2.18. The molecule has 0 unspecified atom stereocenters. The van der Waals surface area contributed by atoms with Crippen molar-refractivity contribution >= 4 is 11.7 Å². The molecule has 124 valence electrons. The average Bonchev–Trinajstić information content (AvgIpc) is 3.04. The van der Waals surface area contributed by atoms with Crippen LogP contribution in [0, 0.1) is 20.8 Å². The highest BCUT2D eigenvalue weighted by atomic mass is 16.1. The Labute approximate surface area is 141 Å². The molecular formula is C18H21N5O. The average molecular weight is 323 g/mol. The first-order chi connectivity index (χ1) is 11.4. The summed E-state index contributed by atoms with van der Waals surface area (Å²) in [6.45, 7) is 6.45. The van der Waals surface area contributed by atoms with Crippen LogP contribution in [0.25, 0.3) is 0 Å². The van der Waals surface area contributed by atoms with Crippen LogP contribution in [-0.2, 0) is 13.6 Å². The van der Waals surface area contributed by atoms with Crippen molar-refractivity contribution in [3.05, 3.63) is 64.6 Å². The highest BCUT2D eigenvalue weighted by Crippen LogP contribution is 2.15. The molecule has 2 heterocycles. The fourth-order valence-corrected chi connectivity index (χ4v) is 2.80. The molecular weight excluding hydrogens is 302 g/mol. The number of rotatable bonds is 4. The first-order valence-electron chi connectivity index (χ1n) is 7.84. The Hall–Kier alpha value is -2.89. The van der Waals surface area contributed by atoms with Gasteiger partial charge in [-0.05, 0) is 26.3 Å². The van der Waals surface area contributed by atoms with Gasteiger partial charge in [0.05, 0.1) is 17.8 Å². The van der Waals surface area contributed by atoms with Crippen molar-refractivity contribution < 1.29 is 4.79 Å². The summed E-state index contributed by atoms with van der Waals surface area (Å²) in [6.07, 6.45) is 1.86. The van der Waals surface area contributed by atoms with E-state index in [0.717, 1.165) is 5.69 Å². The highest BCUT2D eigenvalue weighted by molar-refractivity contribution is 6.05. The molecule has 3 aromatic rings. The predicted molar refractivity (Wildman–Crippen MR) is 93.1 cm³/mol. The van der Waals surface area contributed by atoms with Crippen molar-refractivity contribution in [2.45, 2.75) is 27.3 Å². The number of benzene rings is 1. The number of aryl methyl sites for hydroxylation is 3. The molecule has 0 radical (unpaired) electrons. The zero-order valence-corrected chi connectivity index (χ0v) is 14.4. The second-order valence-corrected chi connectivity index (χ2v) is 6.01. The van der Waals surface area contributed by atoms with Crippen LogP contribution in [0.1, 0.15) is 32.9 Å². The largest absolute Gasteiger partial charge is 0.305 e. The summed E-state index contributed by atoms with van der Waals surface area (Å²) in [4.78, 5) is 12.5. The summed E-state index contributed by atoms with van der Waals surface area (Å²) in [5, 5.41) is 11.5. The lowest BCUT2D eigenvalue weighted by molar-refractivity contribution is 0.102. The van der Waals surface area contributed by atoms with Gasteiger partial charge in [-0.1, -0.05) is 29.8 Å². The fourth-order valence-electron chi connectivity index (χ4n) is 2.80. The zero-order valence-electron chi connectivity index (χ0n) is 14.4. The maximum absolute atomic E-state index is 12.5. The molecule has 6 heteroatoms. The van der Waals surface area contributed by atoms with Gasteiger partial charge in [-0.3, -0.25) is 14.2 Å². The second kappa shape index (κ2) is 6.31. The lowest BCUT2D eigenvalue weighted by Gasteiger charge is -2.04. The number of nitrogens with zero attached hydrogens (tertiary/aromatic N) is 4. The van der Waals surface area contributed by atoms with E-state index in [1.54, 1.807) is 10.7 Å².